The van der Waals surface area contributed by atoms with E-state index in [1.54, 1.807) is 0 Å². The van der Waals surface area contributed by atoms with Crippen LogP contribution in [0.3, 0.4) is 0 Å². The van der Waals surface area contributed by atoms with Crippen molar-refractivity contribution in [1.29, 1.82) is 0 Å². The first-order valence-electron chi connectivity index (χ1n) is 45.0. The van der Waals surface area contributed by atoms with E-state index in [4.69, 9.17) is 0 Å². The van der Waals surface area contributed by atoms with Crippen molar-refractivity contribution in [1.82, 2.24) is 9.13 Å². The lowest BCUT2D eigenvalue weighted by atomic mass is 9.33. The molecule has 636 valence electrons. The van der Waals surface area contributed by atoms with E-state index in [1.807, 2.05) is 0 Å². The number of aromatic nitrogens is 2. The predicted molar refractivity (Wildman–Crippen MR) is 579 cm³/mol. The molecule has 0 aliphatic carbocycles. The summed E-state index contributed by atoms with van der Waals surface area (Å²) in [6, 6.07) is 177. The summed E-state index contributed by atoms with van der Waals surface area (Å²) in [4.78, 5) is 14.7. The normalized spacial score (nSPS) is 12.3. The molecule has 12 heteroatoms. The summed E-state index contributed by atoms with van der Waals surface area (Å²) >= 11 is 7.68. The maximum atomic E-state index is 3.84. The third-order valence-corrected chi connectivity index (χ3v) is 27.7. The van der Waals surface area contributed by atoms with Gasteiger partial charge in [0.1, 0.15) is 0 Å². The van der Waals surface area contributed by atoms with Gasteiger partial charge in [-0.05, 0) is 261 Å². The molecule has 0 amide bonds. The lowest BCUT2D eigenvalue weighted by molar-refractivity contribution is 1.18. The number of hydrogen-bond acceptors (Lipinski definition) is 6. The number of hydrogen-bond donors (Lipinski definition) is 0. The highest BCUT2D eigenvalue weighted by Gasteiger charge is 2.47. The van der Waals surface area contributed by atoms with Crippen LogP contribution in [0.5, 0.6) is 0 Å². The van der Waals surface area contributed by atoms with Crippen molar-refractivity contribution < 1.29 is 0 Å². The molecule has 0 atom stereocenters. The molecule has 6 heterocycles. The van der Waals surface area contributed by atoms with Crippen LogP contribution >= 0.6 is 31.9 Å². The minimum atomic E-state index is -0.149. The summed E-state index contributed by atoms with van der Waals surface area (Å²) in [6.07, 6.45) is 0. The molecule has 0 bridgehead atoms. The van der Waals surface area contributed by atoms with Crippen LogP contribution in [-0.4, -0.2) is 22.6 Å². The van der Waals surface area contributed by atoms with Crippen molar-refractivity contribution in [3.8, 4) is 33.6 Å². The molecule has 4 aliphatic heterocycles. The summed E-state index contributed by atoms with van der Waals surface area (Å²) in [7, 11) is 0. The van der Waals surface area contributed by atoms with E-state index >= 15 is 0 Å². The number of halogens is 2. The third kappa shape index (κ3) is 13.9. The topological polar surface area (TPSA) is 29.3 Å². The molecular formula is C122H88B2Br2N8. The zero-order valence-electron chi connectivity index (χ0n) is 71.7. The zero-order valence-corrected chi connectivity index (χ0v) is 74.8. The van der Waals surface area contributed by atoms with E-state index < -0.39 is 0 Å². The van der Waals surface area contributed by atoms with E-state index in [-0.39, 0.29) is 28.3 Å². The quantitative estimate of drug-likeness (QED) is 0.101. The van der Waals surface area contributed by atoms with Crippen LogP contribution in [0.4, 0.5) is 102 Å². The van der Waals surface area contributed by atoms with Gasteiger partial charge >= 0.3 is 0 Å². The average Bonchev–Trinajstić information content (AvgIpc) is 0.984. The minimum absolute atomic E-state index is 0. The van der Waals surface area contributed by atoms with E-state index in [0.717, 1.165) is 122 Å². The first kappa shape index (κ1) is 82.3. The third-order valence-electron chi connectivity index (χ3n) is 26.7. The molecule has 0 saturated carbocycles. The number of fused-ring (bicyclic) bond motifs is 14. The van der Waals surface area contributed by atoms with Crippen molar-refractivity contribution in [3.05, 3.63) is 494 Å². The van der Waals surface area contributed by atoms with Gasteiger partial charge in [-0.2, -0.15) is 0 Å². The summed E-state index contributed by atoms with van der Waals surface area (Å²) < 4.78 is 6.93. The van der Waals surface area contributed by atoms with Gasteiger partial charge in [-0.3, -0.25) is 0 Å². The Kier molecular flexibility index (Phi) is 21.1. The molecule has 0 unspecified atom stereocenters. The number of anilines is 18. The highest BCUT2D eigenvalue weighted by Crippen LogP contribution is 2.53. The van der Waals surface area contributed by atoms with Gasteiger partial charge in [0, 0.05) is 133 Å². The van der Waals surface area contributed by atoms with E-state index in [1.165, 1.54) is 98.9 Å². The molecular weight excluding hydrogens is 1760 g/mol. The molecule has 4 aliphatic rings. The maximum Gasteiger partial charge on any atom is 0.252 e. The average molecular weight is 1850 g/mol. The highest BCUT2D eigenvalue weighted by atomic mass is 79.9. The van der Waals surface area contributed by atoms with Gasteiger partial charge in [-0.1, -0.05) is 326 Å². The molecule has 0 N–H and O–H groups in total. The zero-order chi connectivity index (χ0) is 87.4. The summed E-state index contributed by atoms with van der Waals surface area (Å²) in [5.41, 5.74) is 39.5. The van der Waals surface area contributed by atoms with Crippen molar-refractivity contribution in [2.45, 2.75) is 14.9 Å². The lowest BCUT2D eigenvalue weighted by Crippen LogP contribution is -2.61. The van der Waals surface area contributed by atoms with Gasteiger partial charge in [0.25, 0.3) is 13.4 Å². The largest absolute Gasteiger partial charge is 0.311 e. The van der Waals surface area contributed by atoms with Crippen LogP contribution in [-0.2, 0) is 0 Å². The van der Waals surface area contributed by atoms with Crippen molar-refractivity contribution >= 4 is 224 Å². The second kappa shape index (κ2) is 34.3. The monoisotopic (exact) mass is 1840 g/mol. The standard InChI is InChI=1S/C78H52BN5.C42H28BBr2N3.2CH4/c1-5-21-57(22-6-1)80(58-23-7-2-8-24-58)63-51-76-78-77(52-63)84(60-27-11-4-12-28-60)75-48-42-56(54-39-45-62(46-40-54)82-72-35-19-15-31-66(72)67-32-16-20-36-73(67)82)50-69(75)79(78)68-49-55(41-47-74(68)83(76)59-25-9-3-10-26-59)53-37-43-61(44-38-53)81-70-33-17-13-29-64(70)65-30-14-18-34-71(65)81;44-29-21-23-38-36(25-29)43-37-26-30(45)22-24-39(37)48(34-19-11-4-12-20-34)41-28-35(27-40(42(41)43)47(38)33-17-9-3-10-18-33)46(31-13-5-1-6-14-31)32-15-7-2-8-16-32;;/h1-52H;1-28H;2*1H4. The second-order valence-electron chi connectivity index (χ2n) is 34.1. The minimum Gasteiger partial charge on any atom is -0.311 e. The fourth-order valence-electron chi connectivity index (χ4n) is 21.2. The summed E-state index contributed by atoms with van der Waals surface area (Å²) in [5.74, 6) is 0. The first-order chi connectivity index (χ1) is 65.3. The predicted octanol–water partition coefficient (Wildman–Crippen LogP) is 30.8. The molecule has 20 aromatic carbocycles. The van der Waals surface area contributed by atoms with Gasteiger partial charge in [0.05, 0.1) is 33.4 Å². The SMILES string of the molecule is Brc1ccc2c(c1)B1c3cc(Br)ccc3N(c3ccccc3)c3cc(N(c4ccccc4)c4ccccc4)cc(c31)N2c1ccccc1.C.C.c1ccc(N(c2ccccc2)c2cc3c4c(c2)N(c2ccccc2)c2ccc(-c5ccc(-n6c7ccccc7c7ccccc76)cc5)cc2B4c2cc(-c4ccc(-n5c6ccccc6c6ccccc65)cc4)ccc2N3c2ccccc2)cc1. The van der Waals surface area contributed by atoms with Crippen molar-refractivity contribution in [2.24, 2.45) is 0 Å². The van der Waals surface area contributed by atoms with Crippen molar-refractivity contribution in [3.63, 3.8) is 0 Å². The van der Waals surface area contributed by atoms with Crippen LogP contribution in [0.25, 0.3) is 77.2 Å². The Morgan fingerprint density at radius 3 is 0.672 bits per heavy atom. The highest BCUT2D eigenvalue weighted by molar-refractivity contribution is 9.10. The Hall–Kier alpha value is -16.1. The Bertz CT molecular complexity index is 7620. The molecule has 26 rings (SSSR count). The first-order valence-corrected chi connectivity index (χ1v) is 46.6. The molecule has 2 aromatic heterocycles. The number of benzene rings is 20. The summed E-state index contributed by atoms with van der Waals surface area (Å²) in [5, 5.41) is 5.03. The Morgan fingerprint density at radius 2 is 0.403 bits per heavy atom. The summed E-state index contributed by atoms with van der Waals surface area (Å²) in [6.45, 7) is -0.129. The molecule has 0 fully saturated rings. The van der Waals surface area contributed by atoms with Gasteiger partial charge < -0.3 is 38.5 Å². The van der Waals surface area contributed by atoms with E-state index in [9.17, 15) is 0 Å². The number of para-hydroxylation sites is 12. The fraction of sp³-hybridized carbons (Fsp3) is 0.0164. The van der Waals surface area contributed by atoms with Crippen LogP contribution in [0.1, 0.15) is 14.9 Å². The fourth-order valence-corrected chi connectivity index (χ4v) is 21.9. The number of nitrogens with zero attached hydrogens (tertiary/aromatic N) is 8. The van der Waals surface area contributed by atoms with E-state index in [2.05, 4.69) is 556 Å². The molecule has 0 radical (unpaired) electrons. The molecule has 8 nitrogen and oxygen atoms in total. The molecule has 0 spiro atoms. The van der Waals surface area contributed by atoms with E-state index in [0.29, 0.717) is 0 Å². The van der Waals surface area contributed by atoms with Crippen molar-refractivity contribution in [2.75, 3.05) is 29.4 Å². The molecule has 0 saturated heterocycles. The van der Waals surface area contributed by atoms with Gasteiger partial charge in [-0.15, -0.1) is 0 Å². The Balaban J connectivity index is 0.000000172. The van der Waals surface area contributed by atoms with Gasteiger partial charge in [0.2, 0.25) is 0 Å². The number of rotatable bonds is 14. The van der Waals surface area contributed by atoms with Crippen LogP contribution in [0.2, 0.25) is 0 Å². The lowest BCUT2D eigenvalue weighted by Gasteiger charge is -2.45. The van der Waals surface area contributed by atoms with Crippen LogP contribution in [0, 0.1) is 0 Å². The van der Waals surface area contributed by atoms with Crippen LogP contribution < -0.4 is 62.2 Å². The Labute approximate surface area is 799 Å². The van der Waals surface area contributed by atoms with Crippen LogP contribution in [0.15, 0.2) is 494 Å². The molecule has 134 heavy (non-hydrogen) atoms. The smallest absolute Gasteiger partial charge is 0.252 e. The second-order valence-corrected chi connectivity index (χ2v) is 36.0. The van der Waals surface area contributed by atoms with Gasteiger partial charge in [-0.25, -0.2) is 0 Å². The van der Waals surface area contributed by atoms with Gasteiger partial charge in [0.15, 0.2) is 0 Å². The Morgan fingerprint density at radius 1 is 0.179 bits per heavy atom. The molecule has 22 aromatic rings. The maximum absolute atomic E-state index is 3.84.